The summed E-state index contributed by atoms with van der Waals surface area (Å²) >= 11 is 0. The van der Waals surface area contributed by atoms with Crippen LogP contribution in [0.1, 0.15) is 96.3 Å². The Hall–Kier alpha value is -0.160. The molecule has 0 aromatic heterocycles. The third-order valence-electron chi connectivity index (χ3n) is 4.19. The number of hydroxylamine groups is 1. The van der Waals surface area contributed by atoms with Crippen molar-refractivity contribution < 1.29 is 9.94 Å². The van der Waals surface area contributed by atoms with Crippen molar-refractivity contribution >= 4 is 0 Å². The highest BCUT2D eigenvalue weighted by Crippen LogP contribution is 2.13. The van der Waals surface area contributed by atoms with Crippen molar-refractivity contribution in [3.8, 4) is 0 Å². The van der Waals surface area contributed by atoms with Crippen molar-refractivity contribution in [2.45, 2.75) is 103 Å². The lowest BCUT2D eigenvalue weighted by Crippen LogP contribution is -2.27. The predicted molar refractivity (Wildman–Crippen MR) is 94.5 cm³/mol. The average Bonchev–Trinajstić information content (AvgIpc) is 2.51. The normalized spacial score (nSPS) is 12.7. The number of aliphatic hydroxyl groups excluding tert-OH is 1. The molecule has 4 heteroatoms. The van der Waals surface area contributed by atoms with Crippen molar-refractivity contribution in [1.29, 1.82) is 0 Å². The van der Waals surface area contributed by atoms with Gasteiger partial charge in [-0.15, -0.1) is 0 Å². The quantitative estimate of drug-likeness (QED) is 0.201. The Kier molecular flexibility index (Phi) is 18.8. The Labute approximate surface area is 138 Å². The molecule has 0 spiro atoms. The lowest BCUT2D eigenvalue weighted by Gasteiger charge is -2.09. The summed E-state index contributed by atoms with van der Waals surface area (Å²) in [7, 11) is 1.53. The number of unbranched alkanes of at least 4 members (excludes halogenated alkanes) is 13. The Morgan fingerprint density at radius 1 is 0.727 bits per heavy atom. The molecule has 0 aromatic rings. The van der Waals surface area contributed by atoms with E-state index in [1.54, 1.807) is 0 Å². The number of hydrogen-bond donors (Lipinski definition) is 3. The molecule has 0 aliphatic carbocycles. The van der Waals surface area contributed by atoms with Crippen molar-refractivity contribution in [3.63, 3.8) is 0 Å². The minimum Gasteiger partial charge on any atom is -0.377 e. The van der Waals surface area contributed by atoms with Gasteiger partial charge in [0.1, 0.15) is 6.23 Å². The van der Waals surface area contributed by atoms with Gasteiger partial charge < -0.3 is 15.7 Å². The lowest BCUT2D eigenvalue weighted by molar-refractivity contribution is -0.0349. The molecular formula is C18H40N2O2. The van der Waals surface area contributed by atoms with Crippen LogP contribution in [-0.2, 0) is 4.84 Å². The summed E-state index contributed by atoms with van der Waals surface area (Å²) in [6.45, 7) is 0.852. The number of nitrogens with one attached hydrogen (secondary N) is 1. The zero-order valence-electron chi connectivity index (χ0n) is 14.8. The maximum atomic E-state index is 9.41. The molecule has 0 rings (SSSR count). The van der Waals surface area contributed by atoms with Gasteiger partial charge in [0.05, 0.1) is 7.11 Å². The van der Waals surface area contributed by atoms with E-state index in [1.165, 1.54) is 90.6 Å². The molecule has 0 fully saturated rings. The van der Waals surface area contributed by atoms with Gasteiger partial charge in [-0.2, -0.15) is 5.48 Å². The number of nitrogens with two attached hydrogens (primary N) is 1. The fourth-order valence-corrected chi connectivity index (χ4v) is 2.80. The van der Waals surface area contributed by atoms with E-state index in [-0.39, 0.29) is 0 Å². The van der Waals surface area contributed by atoms with Gasteiger partial charge in [-0.25, -0.2) is 0 Å². The van der Waals surface area contributed by atoms with E-state index in [2.05, 4.69) is 10.3 Å². The van der Waals surface area contributed by atoms with Crippen LogP contribution < -0.4 is 11.2 Å². The summed E-state index contributed by atoms with van der Waals surface area (Å²) in [6.07, 6.45) is 18.8. The third-order valence-corrected chi connectivity index (χ3v) is 4.19. The first kappa shape index (κ1) is 21.8. The molecule has 0 aliphatic heterocycles. The van der Waals surface area contributed by atoms with Gasteiger partial charge in [-0.3, -0.25) is 0 Å². The molecule has 1 unspecified atom stereocenters. The highest BCUT2D eigenvalue weighted by atomic mass is 16.7. The smallest absolute Gasteiger partial charge is 0.127 e. The van der Waals surface area contributed by atoms with Gasteiger partial charge in [-0.05, 0) is 25.8 Å². The zero-order chi connectivity index (χ0) is 16.3. The molecule has 0 aliphatic rings. The first-order chi connectivity index (χ1) is 10.8. The maximum Gasteiger partial charge on any atom is 0.127 e. The molecule has 0 aromatic carbocycles. The van der Waals surface area contributed by atoms with Crippen LogP contribution in [0, 0.1) is 0 Å². The summed E-state index contributed by atoms with van der Waals surface area (Å²) < 4.78 is 0. The van der Waals surface area contributed by atoms with Crippen LogP contribution >= 0.6 is 0 Å². The SMILES string of the molecule is CONC(O)CCCCCCCCCCCCCCCCN. The van der Waals surface area contributed by atoms with E-state index in [4.69, 9.17) is 5.73 Å². The van der Waals surface area contributed by atoms with E-state index in [0.29, 0.717) is 0 Å². The van der Waals surface area contributed by atoms with Crippen molar-refractivity contribution in [3.05, 3.63) is 0 Å². The second-order valence-corrected chi connectivity index (χ2v) is 6.36. The number of aliphatic hydroxyl groups is 1. The highest BCUT2D eigenvalue weighted by molar-refractivity contribution is 4.51. The van der Waals surface area contributed by atoms with Crippen LogP contribution in [0.4, 0.5) is 0 Å². The summed E-state index contributed by atoms with van der Waals surface area (Å²) in [5, 5.41) is 9.41. The van der Waals surface area contributed by atoms with E-state index in [1.807, 2.05) is 0 Å². The number of hydrogen-bond acceptors (Lipinski definition) is 4. The fourth-order valence-electron chi connectivity index (χ4n) is 2.80. The topological polar surface area (TPSA) is 67.5 Å². The van der Waals surface area contributed by atoms with Crippen LogP contribution in [0.25, 0.3) is 0 Å². The first-order valence-electron chi connectivity index (χ1n) is 9.48. The molecular weight excluding hydrogens is 276 g/mol. The summed E-state index contributed by atoms with van der Waals surface area (Å²) in [5.74, 6) is 0. The Bertz CT molecular complexity index is 204. The minimum atomic E-state index is -0.514. The van der Waals surface area contributed by atoms with Crippen LogP contribution in [-0.4, -0.2) is 25.0 Å². The highest BCUT2D eigenvalue weighted by Gasteiger charge is 2.01. The van der Waals surface area contributed by atoms with E-state index < -0.39 is 6.23 Å². The molecule has 0 amide bonds. The summed E-state index contributed by atoms with van der Waals surface area (Å²) in [4.78, 5) is 4.67. The van der Waals surface area contributed by atoms with Gasteiger partial charge in [0.25, 0.3) is 0 Å². The molecule has 1 atom stereocenters. The van der Waals surface area contributed by atoms with Crippen molar-refractivity contribution in [2.24, 2.45) is 5.73 Å². The maximum absolute atomic E-state index is 9.41. The van der Waals surface area contributed by atoms with Gasteiger partial charge in [0.15, 0.2) is 0 Å². The second kappa shape index (κ2) is 18.9. The van der Waals surface area contributed by atoms with Crippen LogP contribution in [0.15, 0.2) is 0 Å². The average molecular weight is 317 g/mol. The third kappa shape index (κ3) is 17.9. The Morgan fingerprint density at radius 2 is 1.09 bits per heavy atom. The molecule has 22 heavy (non-hydrogen) atoms. The van der Waals surface area contributed by atoms with Crippen LogP contribution in [0.2, 0.25) is 0 Å². The molecule has 134 valence electrons. The van der Waals surface area contributed by atoms with Gasteiger partial charge >= 0.3 is 0 Å². The standard InChI is InChI=1S/C18H40N2O2/c1-22-20-18(21)16-14-12-10-8-6-4-2-3-5-7-9-11-13-15-17-19/h18,20-21H,2-17,19H2,1H3. The summed E-state index contributed by atoms with van der Waals surface area (Å²) in [6, 6.07) is 0. The molecule has 0 heterocycles. The Morgan fingerprint density at radius 3 is 1.45 bits per heavy atom. The minimum absolute atomic E-state index is 0.514. The molecule has 0 bridgehead atoms. The van der Waals surface area contributed by atoms with E-state index in [0.717, 1.165) is 19.4 Å². The second-order valence-electron chi connectivity index (χ2n) is 6.36. The van der Waals surface area contributed by atoms with Crippen molar-refractivity contribution in [2.75, 3.05) is 13.7 Å². The first-order valence-corrected chi connectivity index (χ1v) is 9.48. The van der Waals surface area contributed by atoms with Gasteiger partial charge in [-0.1, -0.05) is 77.0 Å². The number of rotatable bonds is 18. The molecule has 4 N–H and O–H groups in total. The van der Waals surface area contributed by atoms with Crippen LogP contribution in [0.5, 0.6) is 0 Å². The largest absolute Gasteiger partial charge is 0.377 e. The monoisotopic (exact) mass is 316 g/mol. The molecule has 0 saturated carbocycles. The van der Waals surface area contributed by atoms with E-state index in [9.17, 15) is 5.11 Å². The fraction of sp³-hybridized carbons (Fsp3) is 1.00. The summed E-state index contributed by atoms with van der Waals surface area (Å²) in [5.41, 5.74) is 8.03. The Balaban J connectivity index is 3.00. The van der Waals surface area contributed by atoms with Crippen LogP contribution in [0.3, 0.4) is 0 Å². The van der Waals surface area contributed by atoms with E-state index >= 15 is 0 Å². The molecule has 0 saturated heterocycles. The molecule has 0 radical (unpaired) electrons. The lowest BCUT2D eigenvalue weighted by atomic mass is 10.0. The van der Waals surface area contributed by atoms with Crippen molar-refractivity contribution in [1.82, 2.24) is 5.48 Å². The van der Waals surface area contributed by atoms with Gasteiger partial charge in [0.2, 0.25) is 0 Å². The van der Waals surface area contributed by atoms with Gasteiger partial charge in [0, 0.05) is 0 Å². The zero-order valence-corrected chi connectivity index (χ0v) is 14.8. The molecule has 4 nitrogen and oxygen atoms in total. The predicted octanol–water partition coefficient (Wildman–Crippen LogP) is 4.27.